The van der Waals surface area contributed by atoms with Gasteiger partial charge in [0.25, 0.3) is 0 Å². The average Bonchev–Trinajstić information content (AvgIpc) is 2.30. The number of rotatable bonds is 8. The fourth-order valence-corrected chi connectivity index (χ4v) is 1.92. The molecule has 0 aliphatic carbocycles. The van der Waals surface area contributed by atoms with Gasteiger partial charge in [0.2, 0.25) is 0 Å². The van der Waals surface area contributed by atoms with E-state index < -0.39 is 0 Å². The third-order valence-corrected chi connectivity index (χ3v) is 2.92. The Kier molecular flexibility index (Phi) is 7.26. The molecule has 0 N–H and O–H groups in total. The summed E-state index contributed by atoms with van der Waals surface area (Å²) in [6, 6.07) is 6.08. The van der Waals surface area contributed by atoms with Crippen LogP contribution in [-0.2, 0) is 6.54 Å². The summed E-state index contributed by atoms with van der Waals surface area (Å²) >= 11 is 4.21. The second-order valence-corrected chi connectivity index (χ2v) is 4.64. The van der Waals surface area contributed by atoms with Crippen molar-refractivity contribution < 1.29 is 0 Å². The van der Waals surface area contributed by atoms with Crippen LogP contribution in [-0.4, -0.2) is 29.2 Å². The SMILES string of the molecule is CN(CCCCCCS)Cc1ccccn1. The van der Waals surface area contributed by atoms with Crippen LogP contribution in [0.25, 0.3) is 0 Å². The first-order chi connectivity index (χ1) is 7.83. The predicted molar refractivity (Wildman–Crippen MR) is 72.9 cm³/mol. The quantitative estimate of drug-likeness (QED) is 0.553. The third kappa shape index (κ3) is 6.13. The van der Waals surface area contributed by atoms with E-state index in [0.29, 0.717) is 0 Å². The van der Waals surface area contributed by atoms with Gasteiger partial charge in [-0.15, -0.1) is 0 Å². The Labute approximate surface area is 104 Å². The van der Waals surface area contributed by atoms with E-state index in [2.05, 4.69) is 35.6 Å². The summed E-state index contributed by atoms with van der Waals surface area (Å²) in [5.41, 5.74) is 1.15. The first kappa shape index (κ1) is 13.5. The van der Waals surface area contributed by atoms with Crippen LogP contribution in [0, 0.1) is 0 Å². The number of pyridine rings is 1. The topological polar surface area (TPSA) is 16.1 Å². The van der Waals surface area contributed by atoms with Gasteiger partial charge < -0.3 is 4.90 Å². The van der Waals surface area contributed by atoms with Gasteiger partial charge in [0, 0.05) is 12.7 Å². The van der Waals surface area contributed by atoms with E-state index in [1.54, 1.807) is 0 Å². The maximum Gasteiger partial charge on any atom is 0.0543 e. The summed E-state index contributed by atoms with van der Waals surface area (Å²) < 4.78 is 0. The van der Waals surface area contributed by atoms with Crippen molar-refractivity contribution in [3.05, 3.63) is 30.1 Å². The minimum Gasteiger partial charge on any atom is -0.301 e. The molecule has 2 nitrogen and oxygen atoms in total. The molecule has 0 aliphatic rings. The van der Waals surface area contributed by atoms with E-state index in [1.807, 2.05) is 18.3 Å². The summed E-state index contributed by atoms with van der Waals surface area (Å²) in [6.45, 7) is 2.11. The molecule has 0 saturated carbocycles. The standard InChI is InChI=1S/C13H22N2S/c1-15(10-6-2-3-7-11-16)12-13-8-4-5-9-14-13/h4-5,8-9,16H,2-3,6-7,10-12H2,1H3. The molecule has 0 bridgehead atoms. The minimum atomic E-state index is 0.952. The maximum atomic E-state index is 4.32. The smallest absolute Gasteiger partial charge is 0.0543 e. The predicted octanol–water partition coefficient (Wildman–Crippen LogP) is 3.00. The highest BCUT2D eigenvalue weighted by Crippen LogP contribution is 2.04. The molecule has 1 aromatic rings. The summed E-state index contributed by atoms with van der Waals surface area (Å²) in [5, 5.41) is 0. The number of aromatic nitrogens is 1. The summed E-state index contributed by atoms with van der Waals surface area (Å²) in [4.78, 5) is 6.66. The molecule has 1 heterocycles. The molecular formula is C13H22N2S. The number of hydrogen-bond donors (Lipinski definition) is 1. The average molecular weight is 238 g/mol. The van der Waals surface area contributed by atoms with Crippen LogP contribution in [0.15, 0.2) is 24.4 Å². The van der Waals surface area contributed by atoms with E-state index in [1.165, 1.54) is 25.7 Å². The highest BCUT2D eigenvalue weighted by molar-refractivity contribution is 7.80. The van der Waals surface area contributed by atoms with Crippen LogP contribution in [0.5, 0.6) is 0 Å². The molecule has 1 rings (SSSR count). The first-order valence-corrected chi connectivity index (χ1v) is 6.65. The van der Waals surface area contributed by atoms with Gasteiger partial charge in [0.05, 0.1) is 5.69 Å². The Morgan fingerprint density at radius 2 is 2.00 bits per heavy atom. The summed E-state index contributed by atoms with van der Waals surface area (Å²) in [7, 11) is 2.16. The van der Waals surface area contributed by atoms with Crippen molar-refractivity contribution in [2.45, 2.75) is 32.2 Å². The fourth-order valence-electron chi connectivity index (χ4n) is 1.69. The summed E-state index contributed by atoms with van der Waals surface area (Å²) in [5.74, 6) is 1.02. The molecule has 0 aromatic carbocycles. The second-order valence-electron chi connectivity index (χ2n) is 4.20. The van der Waals surface area contributed by atoms with Crippen LogP contribution < -0.4 is 0 Å². The number of thiol groups is 1. The van der Waals surface area contributed by atoms with E-state index >= 15 is 0 Å². The van der Waals surface area contributed by atoms with Crippen LogP contribution in [0.2, 0.25) is 0 Å². The largest absolute Gasteiger partial charge is 0.301 e. The van der Waals surface area contributed by atoms with Crippen molar-refractivity contribution in [1.82, 2.24) is 9.88 Å². The molecule has 90 valence electrons. The summed E-state index contributed by atoms with van der Waals surface area (Å²) in [6.07, 6.45) is 6.99. The molecule has 0 amide bonds. The zero-order chi connectivity index (χ0) is 11.6. The normalized spacial score (nSPS) is 10.9. The van der Waals surface area contributed by atoms with Crippen molar-refractivity contribution in [2.24, 2.45) is 0 Å². The maximum absolute atomic E-state index is 4.32. The Morgan fingerprint density at radius 1 is 1.19 bits per heavy atom. The lowest BCUT2D eigenvalue weighted by atomic mass is 10.2. The number of unbranched alkanes of at least 4 members (excludes halogenated alkanes) is 3. The zero-order valence-corrected chi connectivity index (χ0v) is 11.0. The molecule has 0 aliphatic heterocycles. The van der Waals surface area contributed by atoms with Crippen molar-refractivity contribution >= 4 is 12.6 Å². The molecule has 1 aromatic heterocycles. The second kappa shape index (κ2) is 8.59. The molecule has 3 heteroatoms. The Hall–Kier alpha value is -0.540. The Balaban J connectivity index is 2.09. The van der Waals surface area contributed by atoms with Gasteiger partial charge in [-0.2, -0.15) is 12.6 Å². The Morgan fingerprint density at radius 3 is 2.69 bits per heavy atom. The Bertz CT molecular complexity index is 264. The van der Waals surface area contributed by atoms with E-state index in [4.69, 9.17) is 0 Å². The lowest BCUT2D eigenvalue weighted by molar-refractivity contribution is 0.313. The molecule has 0 saturated heterocycles. The van der Waals surface area contributed by atoms with E-state index in [-0.39, 0.29) is 0 Å². The van der Waals surface area contributed by atoms with Gasteiger partial charge in [-0.05, 0) is 44.3 Å². The van der Waals surface area contributed by atoms with Crippen molar-refractivity contribution in [3.63, 3.8) is 0 Å². The van der Waals surface area contributed by atoms with Crippen LogP contribution in [0.4, 0.5) is 0 Å². The van der Waals surface area contributed by atoms with Gasteiger partial charge in [0.15, 0.2) is 0 Å². The van der Waals surface area contributed by atoms with Gasteiger partial charge in [-0.25, -0.2) is 0 Å². The molecule has 0 radical (unpaired) electrons. The van der Waals surface area contributed by atoms with Crippen LogP contribution in [0.3, 0.4) is 0 Å². The van der Waals surface area contributed by atoms with Gasteiger partial charge in [-0.3, -0.25) is 4.98 Å². The monoisotopic (exact) mass is 238 g/mol. The lowest BCUT2D eigenvalue weighted by Gasteiger charge is -2.15. The van der Waals surface area contributed by atoms with Crippen molar-refractivity contribution in [1.29, 1.82) is 0 Å². The number of hydrogen-bond acceptors (Lipinski definition) is 3. The highest BCUT2D eigenvalue weighted by atomic mass is 32.1. The molecule has 16 heavy (non-hydrogen) atoms. The molecule has 0 fully saturated rings. The van der Waals surface area contributed by atoms with E-state index in [9.17, 15) is 0 Å². The van der Waals surface area contributed by atoms with Crippen molar-refractivity contribution in [3.8, 4) is 0 Å². The van der Waals surface area contributed by atoms with E-state index in [0.717, 1.165) is 24.5 Å². The zero-order valence-electron chi connectivity index (χ0n) is 10.1. The fraction of sp³-hybridized carbons (Fsp3) is 0.615. The number of nitrogens with zero attached hydrogens (tertiary/aromatic N) is 2. The molecular weight excluding hydrogens is 216 g/mol. The van der Waals surface area contributed by atoms with Gasteiger partial charge in [0.1, 0.15) is 0 Å². The molecule has 0 spiro atoms. The van der Waals surface area contributed by atoms with Crippen molar-refractivity contribution in [2.75, 3.05) is 19.3 Å². The molecule has 0 atom stereocenters. The molecule has 0 unspecified atom stereocenters. The third-order valence-electron chi connectivity index (χ3n) is 2.61. The first-order valence-electron chi connectivity index (χ1n) is 6.02. The highest BCUT2D eigenvalue weighted by Gasteiger charge is 2.00. The van der Waals surface area contributed by atoms with Crippen LogP contribution in [0.1, 0.15) is 31.4 Å². The van der Waals surface area contributed by atoms with Gasteiger partial charge in [-0.1, -0.05) is 18.9 Å². The van der Waals surface area contributed by atoms with Crippen LogP contribution >= 0.6 is 12.6 Å². The van der Waals surface area contributed by atoms with Gasteiger partial charge >= 0.3 is 0 Å². The lowest BCUT2D eigenvalue weighted by Crippen LogP contribution is -2.19. The minimum absolute atomic E-state index is 0.952.